The van der Waals surface area contributed by atoms with Crippen LogP contribution in [0.3, 0.4) is 0 Å². The van der Waals surface area contributed by atoms with Gasteiger partial charge in [0.25, 0.3) is 0 Å². The Morgan fingerprint density at radius 3 is 2.85 bits per heavy atom. The standard InChI is InChI=1S/C25H34F2O7/c1-2-3-22(25(30)31)32-12-15-4-7-19-18(21(29)11-23(19)33-13-15)8-6-17(28)14-34-24-10-16(26)5-9-20(24)27/h5-6,8-10,15,17-19,21-23,28-29H,2-4,7,11-14H2,1H3,(H,30,31)/b8-6+/t15-,17+,18+,19+,21+,22?,23-/m0/s1. The normalized spacial score (nSPS) is 28.9. The van der Waals surface area contributed by atoms with Crippen LogP contribution in [0.2, 0.25) is 0 Å². The maximum atomic E-state index is 13.7. The first-order chi connectivity index (χ1) is 16.3. The van der Waals surface area contributed by atoms with E-state index in [0.29, 0.717) is 26.1 Å². The number of aliphatic carboxylic acids is 1. The number of benzene rings is 1. The molecule has 2 fully saturated rings. The molecule has 1 unspecified atom stereocenters. The molecule has 1 aliphatic carbocycles. The highest BCUT2D eigenvalue weighted by atomic mass is 19.1. The summed E-state index contributed by atoms with van der Waals surface area (Å²) in [7, 11) is 0. The molecule has 7 atom stereocenters. The molecular formula is C25H34F2O7. The molecule has 7 nitrogen and oxygen atoms in total. The van der Waals surface area contributed by atoms with Crippen LogP contribution in [0, 0.1) is 29.4 Å². The number of carboxylic acids is 1. The number of hydrogen-bond donors (Lipinski definition) is 3. The van der Waals surface area contributed by atoms with Crippen molar-refractivity contribution < 1.29 is 43.1 Å². The van der Waals surface area contributed by atoms with Gasteiger partial charge in [-0.1, -0.05) is 25.5 Å². The van der Waals surface area contributed by atoms with Gasteiger partial charge in [0.05, 0.1) is 25.4 Å². The van der Waals surface area contributed by atoms with E-state index in [-0.39, 0.29) is 36.2 Å². The minimum atomic E-state index is -1.06. The second kappa shape index (κ2) is 12.6. The van der Waals surface area contributed by atoms with E-state index in [9.17, 15) is 28.9 Å². The molecule has 1 saturated heterocycles. The van der Waals surface area contributed by atoms with Gasteiger partial charge >= 0.3 is 5.97 Å². The fourth-order valence-electron chi connectivity index (χ4n) is 4.71. The largest absolute Gasteiger partial charge is 0.487 e. The Hall–Kier alpha value is -2.07. The number of ether oxygens (including phenoxy) is 3. The third-order valence-corrected chi connectivity index (χ3v) is 6.56. The van der Waals surface area contributed by atoms with Crippen molar-refractivity contribution in [3.8, 4) is 5.75 Å². The lowest BCUT2D eigenvalue weighted by Gasteiger charge is -2.21. The Balaban J connectivity index is 1.51. The van der Waals surface area contributed by atoms with E-state index in [4.69, 9.17) is 14.2 Å². The summed E-state index contributed by atoms with van der Waals surface area (Å²) < 4.78 is 43.8. The molecule has 34 heavy (non-hydrogen) atoms. The van der Waals surface area contributed by atoms with Gasteiger partial charge < -0.3 is 29.5 Å². The molecule has 3 N–H and O–H groups in total. The lowest BCUT2D eigenvalue weighted by atomic mass is 9.87. The third kappa shape index (κ3) is 7.21. The zero-order chi connectivity index (χ0) is 24.7. The summed E-state index contributed by atoms with van der Waals surface area (Å²) in [5, 5.41) is 30.0. The molecule has 1 aromatic carbocycles. The van der Waals surface area contributed by atoms with Gasteiger partial charge in [-0.15, -0.1) is 0 Å². The fraction of sp³-hybridized carbons (Fsp3) is 0.640. The highest BCUT2D eigenvalue weighted by molar-refractivity contribution is 5.72. The monoisotopic (exact) mass is 484 g/mol. The predicted octanol–water partition coefficient (Wildman–Crippen LogP) is 3.32. The van der Waals surface area contributed by atoms with Gasteiger partial charge in [0.2, 0.25) is 0 Å². The molecule has 190 valence electrons. The number of halogens is 2. The molecule has 1 saturated carbocycles. The van der Waals surface area contributed by atoms with E-state index in [1.807, 2.05) is 6.92 Å². The van der Waals surface area contributed by atoms with Gasteiger partial charge in [0.1, 0.15) is 18.5 Å². The topological polar surface area (TPSA) is 105 Å². The van der Waals surface area contributed by atoms with E-state index in [1.54, 1.807) is 6.08 Å². The number of carbonyl (C=O) groups is 1. The summed E-state index contributed by atoms with van der Waals surface area (Å²) in [6.07, 6.45) is 3.84. The zero-order valence-electron chi connectivity index (χ0n) is 19.3. The van der Waals surface area contributed by atoms with E-state index in [0.717, 1.165) is 37.5 Å². The second-order valence-electron chi connectivity index (χ2n) is 9.15. The molecule has 0 bridgehead atoms. The van der Waals surface area contributed by atoms with Crippen LogP contribution in [0.5, 0.6) is 5.75 Å². The number of aliphatic hydroxyl groups excluding tert-OH is 2. The van der Waals surface area contributed by atoms with Crippen LogP contribution in [-0.4, -0.2) is 65.5 Å². The van der Waals surface area contributed by atoms with Crippen molar-refractivity contribution in [1.29, 1.82) is 0 Å². The Kier molecular flexibility index (Phi) is 9.82. The Labute approximate surface area is 198 Å². The molecule has 0 spiro atoms. The quantitative estimate of drug-likeness (QED) is 0.414. The molecule has 0 amide bonds. The highest BCUT2D eigenvalue weighted by Crippen LogP contribution is 2.41. The van der Waals surface area contributed by atoms with Crippen molar-refractivity contribution in [2.24, 2.45) is 17.8 Å². The van der Waals surface area contributed by atoms with Crippen LogP contribution in [-0.2, 0) is 14.3 Å². The van der Waals surface area contributed by atoms with Gasteiger partial charge in [0, 0.05) is 24.3 Å². The molecule has 0 aromatic heterocycles. The highest BCUT2D eigenvalue weighted by Gasteiger charge is 2.43. The van der Waals surface area contributed by atoms with Crippen molar-refractivity contribution in [2.75, 3.05) is 19.8 Å². The van der Waals surface area contributed by atoms with E-state index >= 15 is 0 Å². The SMILES string of the molecule is CCCC(OC[C@@H]1CC[C@@H]2[C@@H](/C=C/[C@@H](O)COc3cc(F)ccc3F)[C@H](O)C[C@@H]2OC1)C(=O)O. The average molecular weight is 485 g/mol. The summed E-state index contributed by atoms with van der Waals surface area (Å²) in [5.41, 5.74) is 0. The van der Waals surface area contributed by atoms with Crippen molar-refractivity contribution >= 4 is 5.97 Å². The second-order valence-corrected chi connectivity index (χ2v) is 9.15. The van der Waals surface area contributed by atoms with Gasteiger partial charge in [-0.3, -0.25) is 0 Å². The number of fused-ring (bicyclic) bond motifs is 1. The summed E-state index contributed by atoms with van der Waals surface area (Å²) in [5.74, 6) is -2.68. The first-order valence-corrected chi connectivity index (χ1v) is 11.9. The molecular weight excluding hydrogens is 450 g/mol. The van der Waals surface area contributed by atoms with Gasteiger partial charge in [0.15, 0.2) is 17.7 Å². The van der Waals surface area contributed by atoms with Gasteiger partial charge in [-0.2, -0.15) is 0 Å². The van der Waals surface area contributed by atoms with Crippen LogP contribution in [0.25, 0.3) is 0 Å². The summed E-state index contributed by atoms with van der Waals surface area (Å²) >= 11 is 0. The fourth-order valence-corrected chi connectivity index (χ4v) is 4.71. The minimum absolute atomic E-state index is 0.0518. The molecule has 2 aliphatic rings. The van der Waals surface area contributed by atoms with Crippen LogP contribution >= 0.6 is 0 Å². The Morgan fingerprint density at radius 1 is 1.32 bits per heavy atom. The first kappa shape index (κ1) is 26.5. The Morgan fingerprint density at radius 2 is 2.12 bits per heavy atom. The van der Waals surface area contributed by atoms with Gasteiger partial charge in [-0.25, -0.2) is 13.6 Å². The van der Waals surface area contributed by atoms with E-state index in [1.165, 1.54) is 6.08 Å². The van der Waals surface area contributed by atoms with E-state index < -0.39 is 35.9 Å². The van der Waals surface area contributed by atoms with Gasteiger partial charge in [-0.05, 0) is 37.3 Å². The summed E-state index contributed by atoms with van der Waals surface area (Å²) in [4.78, 5) is 11.3. The average Bonchev–Trinajstić information content (AvgIpc) is 2.96. The number of hydrogen-bond acceptors (Lipinski definition) is 6. The number of carboxylic acid groups (broad SMARTS) is 1. The smallest absolute Gasteiger partial charge is 0.332 e. The first-order valence-electron chi connectivity index (χ1n) is 11.9. The van der Waals surface area contributed by atoms with Crippen molar-refractivity contribution in [3.63, 3.8) is 0 Å². The maximum Gasteiger partial charge on any atom is 0.332 e. The molecule has 1 aromatic rings. The summed E-state index contributed by atoms with van der Waals surface area (Å²) in [6.45, 7) is 2.41. The molecule has 3 rings (SSSR count). The Bertz CT molecular complexity index is 833. The molecule has 1 aliphatic heterocycles. The number of rotatable bonds is 11. The zero-order valence-corrected chi connectivity index (χ0v) is 19.3. The van der Waals surface area contributed by atoms with Crippen LogP contribution in [0.15, 0.2) is 30.4 Å². The van der Waals surface area contributed by atoms with Crippen LogP contribution in [0.1, 0.15) is 39.0 Å². The molecule has 1 heterocycles. The van der Waals surface area contributed by atoms with Crippen LogP contribution in [0.4, 0.5) is 8.78 Å². The molecule has 0 radical (unpaired) electrons. The maximum absolute atomic E-state index is 13.7. The third-order valence-electron chi connectivity index (χ3n) is 6.56. The van der Waals surface area contributed by atoms with Crippen molar-refractivity contribution in [3.05, 3.63) is 42.0 Å². The van der Waals surface area contributed by atoms with Crippen molar-refractivity contribution in [2.45, 2.75) is 63.4 Å². The van der Waals surface area contributed by atoms with Crippen LogP contribution < -0.4 is 4.74 Å². The summed E-state index contributed by atoms with van der Waals surface area (Å²) in [6, 6.07) is 2.86. The van der Waals surface area contributed by atoms with E-state index in [2.05, 4.69) is 0 Å². The lowest BCUT2D eigenvalue weighted by Crippen LogP contribution is -2.27. The number of aliphatic hydroxyl groups is 2. The predicted molar refractivity (Wildman–Crippen MR) is 119 cm³/mol. The molecule has 9 heteroatoms. The minimum Gasteiger partial charge on any atom is -0.487 e. The van der Waals surface area contributed by atoms with Crippen molar-refractivity contribution in [1.82, 2.24) is 0 Å². The lowest BCUT2D eigenvalue weighted by molar-refractivity contribution is -0.152.